The molecule has 0 spiro atoms. The van der Waals surface area contributed by atoms with E-state index in [1.54, 1.807) is 18.2 Å². The molecule has 0 aromatic heterocycles. The number of ether oxygens (including phenoxy) is 2. The molecule has 2 rings (SSSR count). The van der Waals surface area contributed by atoms with E-state index in [-0.39, 0.29) is 36.7 Å². The van der Waals surface area contributed by atoms with Crippen molar-refractivity contribution in [2.45, 2.75) is 98.2 Å². The van der Waals surface area contributed by atoms with Crippen molar-refractivity contribution < 1.29 is 29.3 Å². The summed E-state index contributed by atoms with van der Waals surface area (Å²) in [5, 5.41) is 23.6. The Morgan fingerprint density at radius 3 is 2.52 bits per heavy atom. The average Bonchev–Trinajstić information content (AvgIpc) is 2.92. The van der Waals surface area contributed by atoms with Gasteiger partial charge < -0.3 is 19.7 Å². The second-order valence-corrected chi connectivity index (χ2v) is 11.4. The zero-order valence-electron chi connectivity index (χ0n) is 25.9. The molecule has 0 saturated carbocycles. The molecule has 230 valence electrons. The third-order valence-electron chi connectivity index (χ3n) is 7.27. The normalized spacial score (nSPS) is 20.2. The molecule has 1 aliphatic rings. The van der Waals surface area contributed by atoms with Crippen molar-refractivity contribution in [3.8, 4) is 5.75 Å². The van der Waals surface area contributed by atoms with Gasteiger partial charge in [0.05, 0.1) is 6.10 Å². The molecule has 7 nitrogen and oxygen atoms in total. The number of hydrogen-bond donors (Lipinski definition) is 3. The number of hydrogen-bond acceptors (Lipinski definition) is 6. The molecule has 1 aromatic rings. The van der Waals surface area contributed by atoms with E-state index in [2.05, 4.69) is 38.2 Å². The lowest BCUT2D eigenvalue weighted by atomic mass is 9.94. The minimum Gasteiger partial charge on any atom is -0.507 e. The first kappa shape index (κ1) is 34.6. The topological polar surface area (TPSA) is 105 Å². The Bertz CT molecular complexity index is 1170. The number of esters is 1. The number of carbonyl (C=O) groups excluding carboxylic acids is 2. The first-order chi connectivity index (χ1) is 20.1. The molecule has 0 unspecified atom stereocenters. The highest BCUT2D eigenvalue weighted by atomic mass is 16.5. The molecule has 3 atom stereocenters. The van der Waals surface area contributed by atoms with E-state index in [4.69, 9.17) is 9.47 Å². The Hall–Kier alpha value is -3.58. The predicted molar refractivity (Wildman–Crippen MR) is 168 cm³/mol. The molecule has 1 aliphatic heterocycles. The molecule has 42 heavy (non-hydrogen) atoms. The van der Waals surface area contributed by atoms with Crippen LogP contribution in [0.15, 0.2) is 77.6 Å². The number of cyclic esters (lactones) is 1. The van der Waals surface area contributed by atoms with Gasteiger partial charge in [-0.1, -0.05) is 66.2 Å². The Balaban J connectivity index is 1.85. The van der Waals surface area contributed by atoms with E-state index >= 15 is 0 Å². The van der Waals surface area contributed by atoms with Gasteiger partial charge in [0.25, 0.3) is 0 Å². The van der Waals surface area contributed by atoms with Crippen LogP contribution in [-0.4, -0.2) is 41.1 Å². The second kappa shape index (κ2) is 18.8. The highest BCUT2D eigenvalue weighted by molar-refractivity contribution is 5.94. The van der Waals surface area contributed by atoms with Gasteiger partial charge in [-0.2, -0.15) is 0 Å². The number of aliphatic hydroxyl groups excluding tert-OH is 1. The van der Waals surface area contributed by atoms with Gasteiger partial charge >= 0.3 is 12.1 Å². The van der Waals surface area contributed by atoms with E-state index in [0.717, 1.165) is 31.3 Å². The Labute approximate surface area is 251 Å². The first-order valence-electron chi connectivity index (χ1n) is 14.9. The third-order valence-corrected chi connectivity index (χ3v) is 7.27. The maximum absolute atomic E-state index is 13.0. The molecule has 1 aromatic carbocycles. The number of benzene rings is 1. The first-order valence-corrected chi connectivity index (χ1v) is 14.9. The van der Waals surface area contributed by atoms with Gasteiger partial charge in [0.15, 0.2) is 0 Å². The van der Waals surface area contributed by atoms with Gasteiger partial charge in [0.2, 0.25) is 0 Å². The minimum atomic E-state index is -0.682. The standard InChI is InChI=1S/C35H49NO6/c1-25(2)12-8-13-26(3)14-9-15-27(4)21-23-41-35(40)36-22-11-19-30-24-32(38)28(5)16-6-7-17-29-18-10-20-31(37)33(29)34(39)42-30/h6-7,10-12,14,18,20-22,28,30,32,37-38H,8-9,13,15-17,19,23-24H2,1-5H3,(H,36,40)/t28-,30-,32+/m0/s1. The van der Waals surface area contributed by atoms with Crippen molar-refractivity contribution in [2.24, 2.45) is 5.92 Å². The molecular formula is C35H49NO6. The number of alkyl carbamates (subject to hydrolysis) is 1. The highest BCUT2D eigenvalue weighted by Crippen LogP contribution is 2.26. The molecule has 1 heterocycles. The molecule has 3 N–H and O–H groups in total. The molecule has 0 aliphatic carbocycles. The number of amides is 1. The maximum atomic E-state index is 13.0. The Kier molecular flexibility index (Phi) is 15.5. The summed E-state index contributed by atoms with van der Waals surface area (Å²) in [4.78, 5) is 25.1. The van der Waals surface area contributed by atoms with Crippen LogP contribution < -0.4 is 5.32 Å². The summed E-state index contributed by atoms with van der Waals surface area (Å²) < 4.78 is 11.0. The largest absolute Gasteiger partial charge is 0.507 e. The number of carbonyl (C=O) groups is 2. The summed E-state index contributed by atoms with van der Waals surface area (Å²) in [6.45, 7) is 10.6. The van der Waals surface area contributed by atoms with Crippen LogP contribution in [0.5, 0.6) is 5.75 Å². The summed E-state index contributed by atoms with van der Waals surface area (Å²) in [5.41, 5.74) is 4.70. The fraction of sp³-hybridized carbons (Fsp3) is 0.486. The predicted octanol–water partition coefficient (Wildman–Crippen LogP) is 7.86. The summed E-state index contributed by atoms with van der Waals surface area (Å²) in [5.74, 6) is -0.799. The third kappa shape index (κ3) is 13.4. The number of fused-ring (bicyclic) bond motifs is 1. The number of nitrogens with one attached hydrogen (secondary N) is 1. The Morgan fingerprint density at radius 1 is 1.07 bits per heavy atom. The summed E-state index contributed by atoms with van der Waals surface area (Å²) in [7, 11) is 0. The van der Waals surface area contributed by atoms with Crippen LogP contribution in [0, 0.1) is 5.92 Å². The monoisotopic (exact) mass is 579 g/mol. The lowest BCUT2D eigenvalue weighted by molar-refractivity contribution is 0.00678. The van der Waals surface area contributed by atoms with Crippen LogP contribution in [-0.2, 0) is 15.9 Å². The van der Waals surface area contributed by atoms with Crippen molar-refractivity contribution in [1.29, 1.82) is 0 Å². The second-order valence-electron chi connectivity index (χ2n) is 11.4. The van der Waals surface area contributed by atoms with E-state index in [1.165, 1.54) is 23.4 Å². The maximum Gasteiger partial charge on any atom is 0.411 e. The number of rotatable bonds is 11. The summed E-state index contributed by atoms with van der Waals surface area (Å²) in [6.07, 6.45) is 17.2. The van der Waals surface area contributed by atoms with E-state index in [0.29, 0.717) is 18.4 Å². The molecule has 7 heteroatoms. The SMILES string of the molecule is CC(C)=CCCC(C)=CCCC(C)=CCOC(=O)NC=CC[C@H]1C[C@@H](O)[C@@H](C)CC=CCc2cccc(O)c2C(=O)O1. The van der Waals surface area contributed by atoms with Gasteiger partial charge in [0.1, 0.15) is 24.0 Å². The zero-order chi connectivity index (χ0) is 30.9. The summed E-state index contributed by atoms with van der Waals surface area (Å²) in [6, 6.07) is 4.95. The molecular weight excluding hydrogens is 530 g/mol. The van der Waals surface area contributed by atoms with Crippen LogP contribution >= 0.6 is 0 Å². The zero-order valence-corrected chi connectivity index (χ0v) is 25.9. The van der Waals surface area contributed by atoms with Gasteiger partial charge in [-0.3, -0.25) is 5.32 Å². The van der Waals surface area contributed by atoms with Crippen molar-refractivity contribution in [3.05, 3.63) is 88.7 Å². The van der Waals surface area contributed by atoms with Crippen LogP contribution in [0.25, 0.3) is 0 Å². The quantitative estimate of drug-likeness (QED) is 0.182. The van der Waals surface area contributed by atoms with Crippen LogP contribution in [0.1, 0.15) is 95.5 Å². The van der Waals surface area contributed by atoms with Gasteiger partial charge in [-0.25, -0.2) is 9.59 Å². The fourth-order valence-corrected chi connectivity index (χ4v) is 4.56. The molecule has 1 amide bonds. The van der Waals surface area contributed by atoms with E-state index < -0.39 is 24.3 Å². The highest BCUT2D eigenvalue weighted by Gasteiger charge is 2.25. The number of aliphatic hydroxyl groups is 1. The minimum absolute atomic E-state index is 0.0216. The number of phenolic OH excluding ortho intramolecular Hbond substituents is 1. The van der Waals surface area contributed by atoms with Crippen LogP contribution in [0.3, 0.4) is 0 Å². The van der Waals surface area contributed by atoms with E-state index in [9.17, 15) is 19.8 Å². The van der Waals surface area contributed by atoms with Gasteiger partial charge in [-0.15, -0.1) is 0 Å². The van der Waals surface area contributed by atoms with Crippen molar-refractivity contribution >= 4 is 12.1 Å². The summed E-state index contributed by atoms with van der Waals surface area (Å²) >= 11 is 0. The van der Waals surface area contributed by atoms with E-state index in [1.807, 2.05) is 32.1 Å². The van der Waals surface area contributed by atoms with Gasteiger partial charge in [-0.05, 0) is 89.8 Å². The van der Waals surface area contributed by atoms with Gasteiger partial charge in [0, 0.05) is 19.0 Å². The molecule has 0 radical (unpaired) electrons. The number of phenols is 1. The van der Waals surface area contributed by atoms with Crippen LogP contribution in [0.2, 0.25) is 0 Å². The van der Waals surface area contributed by atoms with Crippen molar-refractivity contribution in [1.82, 2.24) is 5.32 Å². The lowest BCUT2D eigenvalue weighted by Crippen LogP contribution is -2.28. The average molecular weight is 580 g/mol. The van der Waals surface area contributed by atoms with Crippen LogP contribution in [0.4, 0.5) is 4.79 Å². The van der Waals surface area contributed by atoms with Crippen molar-refractivity contribution in [2.75, 3.05) is 6.61 Å². The van der Waals surface area contributed by atoms with Crippen molar-refractivity contribution in [3.63, 3.8) is 0 Å². The fourth-order valence-electron chi connectivity index (χ4n) is 4.56. The number of allylic oxidation sites excluding steroid dienone is 7. The smallest absolute Gasteiger partial charge is 0.411 e. The number of aromatic hydroxyl groups is 1. The molecule has 0 bridgehead atoms. The lowest BCUT2D eigenvalue weighted by Gasteiger charge is -2.24. The molecule has 0 fully saturated rings. The molecule has 0 saturated heterocycles. The Morgan fingerprint density at radius 2 is 1.79 bits per heavy atom.